The third-order valence-corrected chi connectivity index (χ3v) is 4.45. The number of halogens is 1. The number of carbonyl (C=O) groups excluding carboxylic acids is 2. The minimum atomic E-state index is -0.410. The predicted molar refractivity (Wildman–Crippen MR) is 85.1 cm³/mol. The molecule has 1 saturated heterocycles. The number of nitrogens with one attached hydrogen (secondary N) is 1. The average Bonchev–Trinajstić information content (AvgIpc) is 2.96. The van der Waals surface area contributed by atoms with Crippen molar-refractivity contribution in [1.29, 1.82) is 0 Å². The van der Waals surface area contributed by atoms with Crippen LogP contribution >= 0.6 is 15.9 Å². The maximum absolute atomic E-state index is 11.8. The zero-order valence-electron chi connectivity index (χ0n) is 12.4. The monoisotopic (exact) mass is 367 g/mol. The zero-order chi connectivity index (χ0) is 16.1. The molecule has 1 heterocycles. The smallest absolute Gasteiger partial charge is 0.330 e. The zero-order valence-corrected chi connectivity index (χ0v) is 14.0. The lowest BCUT2D eigenvalue weighted by atomic mass is 9.93. The van der Waals surface area contributed by atoms with Crippen LogP contribution in [0.5, 0.6) is 0 Å². The van der Waals surface area contributed by atoms with Crippen LogP contribution < -0.4 is 5.32 Å². The highest BCUT2D eigenvalue weighted by Gasteiger charge is 2.38. The van der Waals surface area contributed by atoms with Crippen LogP contribution in [0.4, 0.5) is 0 Å². The third kappa shape index (κ3) is 3.75. The standard InChI is InChI=1S/C16H18BrNO4/c1-21-14(19)8-7-10-9-13(16(20)22-2)18-15(10)11-5-3-4-6-12(11)17/h3-8,10,13,15,18H,9H2,1-2H3/b8-7+/t10-,13+,15-/m0/s1. The van der Waals surface area contributed by atoms with Crippen LogP contribution in [-0.4, -0.2) is 32.2 Å². The predicted octanol–water partition coefficient (Wildman–Crippen LogP) is 2.37. The van der Waals surface area contributed by atoms with Gasteiger partial charge >= 0.3 is 11.9 Å². The summed E-state index contributed by atoms with van der Waals surface area (Å²) < 4.78 is 10.4. The molecule has 0 aliphatic carbocycles. The Balaban J connectivity index is 2.26. The molecule has 3 atom stereocenters. The van der Waals surface area contributed by atoms with Crippen LogP contribution in [0.3, 0.4) is 0 Å². The van der Waals surface area contributed by atoms with Gasteiger partial charge in [-0.25, -0.2) is 4.79 Å². The Morgan fingerprint density at radius 2 is 2.00 bits per heavy atom. The van der Waals surface area contributed by atoms with E-state index >= 15 is 0 Å². The molecule has 22 heavy (non-hydrogen) atoms. The fourth-order valence-corrected chi connectivity index (χ4v) is 3.16. The largest absolute Gasteiger partial charge is 0.468 e. The van der Waals surface area contributed by atoms with Crippen molar-refractivity contribution in [2.45, 2.75) is 18.5 Å². The molecule has 0 bridgehead atoms. The maximum Gasteiger partial charge on any atom is 0.330 e. The number of ether oxygens (including phenoxy) is 2. The molecule has 1 N–H and O–H groups in total. The van der Waals surface area contributed by atoms with Crippen LogP contribution in [0.25, 0.3) is 0 Å². The fraction of sp³-hybridized carbons (Fsp3) is 0.375. The number of rotatable bonds is 4. The van der Waals surface area contributed by atoms with Gasteiger partial charge in [-0.2, -0.15) is 0 Å². The first-order valence-corrected chi connectivity index (χ1v) is 7.70. The lowest BCUT2D eigenvalue weighted by molar-refractivity contribution is -0.142. The van der Waals surface area contributed by atoms with Gasteiger partial charge in [0.2, 0.25) is 0 Å². The molecule has 0 spiro atoms. The highest BCUT2D eigenvalue weighted by molar-refractivity contribution is 9.10. The van der Waals surface area contributed by atoms with Gasteiger partial charge in [-0.1, -0.05) is 40.2 Å². The molecule has 118 valence electrons. The van der Waals surface area contributed by atoms with Gasteiger partial charge in [0.25, 0.3) is 0 Å². The summed E-state index contributed by atoms with van der Waals surface area (Å²) >= 11 is 3.53. The molecular formula is C16H18BrNO4. The second-order valence-corrected chi connectivity index (χ2v) is 5.88. The molecule has 0 aromatic heterocycles. The van der Waals surface area contributed by atoms with Crippen molar-refractivity contribution in [1.82, 2.24) is 5.32 Å². The van der Waals surface area contributed by atoms with Crippen molar-refractivity contribution in [2.24, 2.45) is 5.92 Å². The van der Waals surface area contributed by atoms with Crippen molar-refractivity contribution in [3.8, 4) is 0 Å². The van der Waals surface area contributed by atoms with E-state index < -0.39 is 12.0 Å². The molecule has 6 heteroatoms. The Labute approximate surface area is 137 Å². The van der Waals surface area contributed by atoms with Crippen LogP contribution in [0.15, 0.2) is 40.9 Å². The lowest BCUT2D eigenvalue weighted by Crippen LogP contribution is -2.33. The number of esters is 2. The summed E-state index contributed by atoms with van der Waals surface area (Å²) in [5.41, 5.74) is 1.04. The van der Waals surface area contributed by atoms with Crippen molar-refractivity contribution < 1.29 is 19.1 Å². The number of hydrogen-bond donors (Lipinski definition) is 1. The minimum absolute atomic E-state index is 0.0121. The number of benzene rings is 1. The molecule has 0 radical (unpaired) electrons. The van der Waals surface area contributed by atoms with E-state index in [1.165, 1.54) is 20.3 Å². The van der Waals surface area contributed by atoms with E-state index in [4.69, 9.17) is 4.74 Å². The summed E-state index contributed by atoms with van der Waals surface area (Å²) in [5.74, 6) is -0.722. The minimum Gasteiger partial charge on any atom is -0.468 e. The normalized spacial score (nSPS) is 24.4. The molecule has 0 unspecified atom stereocenters. The highest BCUT2D eigenvalue weighted by atomic mass is 79.9. The van der Waals surface area contributed by atoms with Crippen LogP contribution in [0.2, 0.25) is 0 Å². The molecule has 1 aliphatic heterocycles. The molecule has 1 aromatic carbocycles. The van der Waals surface area contributed by atoms with Gasteiger partial charge in [0, 0.05) is 16.6 Å². The maximum atomic E-state index is 11.8. The molecule has 1 aromatic rings. The first-order valence-electron chi connectivity index (χ1n) is 6.91. The Kier molecular flexibility index (Phi) is 5.74. The van der Waals surface area contributed by atoms with Crippen molar-refractivity contribution in [3.63, 3.8) is 0 Å². The van der Waals surface area contributed by atoms with Gasteiger partial charge in [0.1, 0.15) is 6.04 Å². The first-order chi connectivity index (χ1) is 10.6. The first kappa shape index (κ1) is 16.7. The Hall–Kier alpha value is -1.66. The average molecular weight is 368 g/mol. The van der Waals surface area contributed by atoms with Crippen molar-refractivity contribution >= 4 is 27.9 Å². The second kappa shape index (κ2) is 7.56. The summed E-state index contributed by atoms with van der Waals surface area (Å²) in [4.78, 5) is 23.1. The SMILES string of the molecule is COC(=O)/C=C/[C@H]1C[C@H](C(=O)OC)N[C@@H]1c1ccccc1Br. The number of hydrogen-bond acceptors (Lipinski definition) is 5. The lowest BCUT2D eigenvalue weighted by Gasteiger charge is -2.18. The van der Waals surface area contributed by atoms with E-state index in [9.17, 15) is 9.59 Å². The van der Waals surface area contributed by atoms with E-state index in [0.29, 0.717) is 6.42 Å². The third-order valence-electron chi connectivity index (χ3n) is 3.72. The highest BCUT2D eigenvalue weighted by Crippen LogP contribution is 2.37. The van der Waals surface area contributed by atoms with Crippen molar-refractivity contribution in [3.05, 3.63) is 46.5 Å². The van der Waals surface area contributed by atoms with Gasteiger partial charge < -0.3 is 9.47 Å². The molecule has 1 aliphatic rings. The quantitative estimate of drug-likeness (QED) is 0.653. The van der Waals surface area contributed by atoms with Crippen LogP contribution in [-0.2, 0) is 19.1 Å². The molecule has 0 amide bonds. The van der Waals surface area contributed by atoms with E-state index in [1.54, 1.807) is 6.08 Å². The number of methoxy groups -OCH3 is 2. The van der Waals surface area contributed by atoms with E-state index in [-0.39, 0.29) is 17.9 Å². The van der Waals surface area contributed by atoms with E-state index in [1.807, 2.05) is 24.3 Å². The molecule has 5 nitrogen and oxygen atoms in total. The fourth-order valence-electron chi connectivity index (χ4n) is 2.63. The molecular weight excluding hydrogens is 350 g/mol. The Bertz CT molecular complexity index is 587. The summed E-state index contributed by atoms with van der Waals surface area (Å²) in [7, 11) is 2.71. The number of carbonyl (C=O) groups is 2. The van der Waals surface area contributed by atoms with E-state index in [0.717, 1.165) is 10.0 Å². The summed E-state index contributed by atoms with van der Waals surface area (Å²) in [6.45, 7) is 0. The van der Waals surface area contributed by atoms with Gasteiger partial charge in [0.15, 0.2) is 0 Å². The van der Waals surface area contributed by atoms with Crippen LogP contribution in [0.1, 0.15) is 18.0 Å². The summed E-state index contributed by atoms with van der Waals surface area (Å²) in [6, 6.07) is 7.33. The topological polar surface area (TPSA) is 64.6 Å². The summed E-state index contributed by atoms with van der Waals surface area (Å²) in [5, 5.41) is 3.28. The molecule has 1 fully saturated rings. The van der Waals surface area contributed by atoms with Gasteiger partial charge in [-0.15, -0.1) is 0 Å². The second-order valence-electron chi connectivity index (χ2n) is 5.02. The van der Waals surface area contributed by atoms with Gasteiger partial charge in [-0.3, -0.25) is 10.1 Å². The van der Waals surface area contributed by atoms with Crippen LogP contribution in [0, 0.1) is 5.92 Å². The summed E-state index contributed by atoms with van der Waals surface area (Å²) in [6.07, 6.45) is 3.74. The molecule has 2 rings (SSSR count). The Morgan fingerprint density at radius 3 is 2.64 bits per heavy atom. The van der Waals surface area contributed by atoms with Gasteiger partial charge in [0.05, 0.1) is 14.2 Å². The van der Waals surface area contributed by atoms with E-state index in [2.05, 4.69) is 26.0 Å². The molecule has 0 saturated carbocycles. The Morgan fingerprint density at radius 1 is 1.27 bits per heavy atom. The van der Waals surface area contributed by atoms with Crippen molar-refractivity contribution in [2.75, 3.05) is 14.2 Å². The van der Waals surface area contributed by atoms with Gasteiger partial charge in [-0.05, 0) is 24.0 Å².